The number of hydrogen-bond donors (Lipinski definition) is 1. The van der Waals surface area contributed by atoms with Crippen molar-refractivity contribution < 1.29 is 0 Å². The van der Waals surface area contributed by atoms with Crippen LogP contribution in [0.2, 0.25) is 5.15 Å². The van der Waals surface area contributed by atoms with E-state index in [0.717, 1.165) is 31.4 Å². The van der Waals surface area contributed by atoms with Gasteiger partial charge in [0.1, 0.15) is 11.0 Å². The second-order valence-corrected chi connectivity index (χ2v) is 6.18. The van der Waals surface area contributed by atoms with Crippen LogP contribution in [0, 0.1) is 5.92 Å². The van der Waals surface area contributed by atoms with E-state index in [-0.39, 0.29) is 0 Å². The van der Waals surface area contributed by atoms with Gasteiger partial charge in [0, 0.05) is 19.6 Å². The van der Waals surface area contributed by atoms with Crippen molar-refractivity contribution in [3.63, 3.8) is 0 Å². The summed E-state index contributed by atoms with van der Waals surface area (Å²) in [5.74, 6) is 1.80. The summed E-state index contributed by atoms with van der Waals surface area (Å²) in [5.41, 5.74) is 0. The van der Waals surface area contributed by atoms with Gasteiger partial charge in [0.15, 0.2) is 0 Å². The Kier molecular flexibility index (Phi) is 5.25. The first-order valence-corrected chi connectivity index (χ1v) is 7.56. The smallest absolute Gasteiger partial charge is 0.128 e. The lowest BCUT2D eigenvalue weighted by Gasteiger charge is -2.32. The van der Waals surface area contributed by atoms with Crippen LogP contribution in [-0.2, 0) is 13.6 Å². The summed E-state index contributed by atoms with van der Waals surface area (Å²) in [4.78, 5) is 6.90. The molecule has 19 heavy (non-hydrogen) atoms. The SMILES string of the molecule is CC(C)N(Cc1ncc(Cl)n1C)CC1CCCNC1. The maximum Gasteiger partial charge on any atom is 0.128 e. The summed E-state index contributed by atoms with van der Waals surface area (Å²) in [6.45, 7) is 8.83. The standard InChI is InChI=1S/C14H25ClN4/c1-11(2)19(9-12-5-4-6-16-7-12)10-14-17-8-13(15)18(14)3/h8,11-12,16H,4-7,9-10H2,1-3H3. The predicted octanol–water partition coefficient (Wildman–Crippen LogP) is 2.28. The fourth-order valence-corrected chi connectivity index (χ4v) is 2.77. The molecule has 108 valence electrons. The van der Waals surface area contributed by atoms with Crippen LogP contribution in [-0.4, -0.2) is 40.1 Å². The summed E-state index contributed by atoms with van der Waals surface area (Å²) < 4.78 is 1.97. The third kappa shape index (κ3) is 3.94. The van der Waals surface area contributed by atoms with Crippen molar-refractivity contribution in [1.29, 1.82) is 0 Å². The summed E-state index contributed by atoms with van der Waals surface area (Å²) in [5, 5.41) is 4.20. The third-order valence-electron chi connectivity index (χ3n) is 3.99. The van der Waals surface area contributed by atoms with Crippen molar-refractivity contribution in [2.24, 2.45) is 13.0 Å². The van der Waals surface area contributed by atoms with Crippen LogP contribution in [0.1, 0.15) is 32.5 Å². The Hall–Kier alpha value is -0.580. The van der Waals surface area contributed by atoms with Gasteiger partial charge in [-0.25, -0.2) is 4.98 Å². The van der Waals surface area contributed by atoms with E-state index in [4.69, 9.17) is 11.6 Å². The number of piperidine rings is 1. The zero-order chi connectivity index (χ0) is 13.8. The highest BCUT2D eigenvalue weighted by Gasteiger charge is 2.20. The van der Waals surface area contributed by atoms with Crippen LogP contribution in [0.25, 0.3) is 0 Å². The van der Waals surface area contributed by atoms with E-state index in [1.165, 1.54) is 19.4 Å². The van der Waals surface area contributed by atoms with Gasteiger partial charge in [-0.3, -0.25) is 4.90 Å². The molecule has 1 aromatic heterocycles. The molecule has 0 aromatic carbocycles. The topological polar surface area (TPSA) is 33.1 Å². The van der Waals surface area contributed by atoms with Crippen molar-refractivity contribution >= 4 is 11.6 Å². The Morgan fingerprint density at radius 2 is 2.37 bits per heavy atom. The van der Waals surface area contributed by atoms with E-state index >= 15 is 0 Å². The van der Waals surface area contributed by atoms with E-state index in [0.29, 0.717) is 11.2 Å². The van der Waals surface area contributed by atoms with Crippen LogP contribution >= 0.6 is 11.6 Å². The van der Waals surface area contributed by atoms with Crippen LogP contribution in [0.4, 0.5) is 0 Å². The van der Waals surface area contributed by atoms with Crippen LogP contribution in [0.15, 0.2) is 6.20 Å². The minimum Gasteiger partial charge on any atom is -0.321 e. The molecule has 4 nitrogen and oxygen atoms in total. The van der Waals surface area contributed by atoms with Gasteiger partial charge in [-0.15, -0.1) is 0 Å². The lowest BCUT2D eigenvalue weighted by Crippen LogP contribution is -2.41. The Morgan fingerprint density at radius 3 is 2.89 bits per heavy atom. The average molecular weight is 285 g/mol. The second kappa shape index (κ2) is 6.73. The minimum atomic E-state index is 0.525. The fraction of sp³-hybridized carbons (Fsp3) is 0.786. The number of nitrogens with zero attached hydrogens (tertiary/aromatic N) is 3. The predicted molar refractivity (Wildman–Crippen MR) is 79.4 cm³/mol. The highest BCUT2D eigenvalue weighted by Crippen LogP contribution is 2.17. The van der Waals surface area contributed by atoms with Gasteiger partial charge in [0.2, 0.25) is 0 Å². The molecule has 1 saturated heterocycles. The first kappa shape index (κ1) is 14.8. The monoisotopic (exact) mass is 284 g/mol. The van der Waals surface area contributed by atoms with Crippen molar-refractivity contribution in [2.75, 3.05) is 19.6 Å². The quantitative estimate of drug-likeness (QED) is 0.901. The highest BCUT2D eigenvalue weighted by atomic mass is 35.5. The molecule has 1 fully saturated rings. The van der Waals surface area contributed by atoms with E-state index in [2.05, 4.69) is 29.0 Å². The zero-order valence-electron chi connectivity index (χ0n) is 12.2. The molecule has 1 aliphatic heterocycles. The number of hydrogen-bond acceptors (Lipinski definition) is 3. The molecule has 1 atom stereocenters. The molecule has 0 spiro atoms. The van der Waals surface area contributed by atoms with Crippen LogP contribution in [0.3, 0.4) is 0 Å². The van der Waals surface area contributed by atoms with Gasteiger partial charge in [-0.05, 0) is 45.7 Å². The zero-order valence-corrected chi connectivity index (χ0v) is 13.0. The molecule has 0 radical (unpaired) electrons. The minimum absolute atomic E-state index is 0.525. The summed E-state index contributed by atoms with van der Waals surface area (Å²) in [6.07, 6.45) is 4.36. The Morgan fingerprint density at radius 1 is 1.58 bits per heavy atom. The summed E-state index contributed by atoms with van der Waals surface area (Å²) in [7, 11) is 1.98. The van der Waals surface area contributed by atoms with E-state index < -0.39 is 0 Å². The fourth-order valence-electron chi connectivity index (χ4n) is 2.62. The molecule has 0 saturated carbocycles. The van der Waals surface area contributed by atoms with Crippen LogP contribution < -0.4 is 5.32 Å². The third-order valence-corrected chi connectivity index (χ3v) is 4.35. The summed E-state index contributed by atoms with van der Waals surface area (Å²) in [6, 6.07) is 0.525. The van der Waals surface area contributed by atoms with Crippen molar-refractivity contribution in [3.05, 3.63) is 17.2 Å². The maximum absolute atomic E-state index is 6.06. The van der Waals surface area contributed by atoms with Gasteiger partial charge < -0.3 is 9.88 Å². The molecule has 1 aliphatic rings. The Labute approximate surface area is 121 Å². The summed E-state index contributed by atoms with van der Waals surface area (Å²) >= 11 is 6.06. The molecule has 2 rings (SSSR count). The van der Waals surface area contributed by atoms with Crippen molar-refractivity contribution in [2.45, 2.75) is 39.3 Å². The normalized spacial score (nSPS) is 20.4. The van der Waals surface area contributed by atoms with Gasteiger partial charge in [0.25, 0.3) is 0 Å². The van der Waals surface area contributed by atoms with E-state index in [1.54, 1.807) is 6.20 Å². The number of aromatic nitrogens is 2. The van der Waals surface area contributed by atoms with Crippen molar-refractivity contribution in [3.8, 4) is 0 Å². The molecule has 1 unspecified atom stereocenters. The van der Waals surface area contributed by atoms with Gasteiger partial charge in [0.05, 0.1) is 12.7 Å². The molecule has 5 heteroatoms. The second-order valence-electron chi connectivity index (χ2n) is 5.79. The average Bonchev–Trinajstić information content (AvgIpc) is 2.71. The molecule has 2 heterocycles. The molecule has 1 N–H and O–H groups in total. The first-order chi connectivity index (χ1) is 9.08. The molecule has 1 aromatic rings. The molecular weight excluding hydrogens is 260 g/mol. The highest BCUT2D eigenvalue weighted by molar-refractivity contribution is 6.29. The lowest BCUT2D eigenvalue weighted by molar-refractivity contribution is 0.159. The van der Waals surface area contributed by atoms with E-state index in [1.807, 2.05) is 11.6 Å². The largest absolute Gasteiger partial charge is 0.321 e. The molecular formula is C14H25ClN4. The lowest BCUT2D eigenvalue weighted by atomic mass is 9.98. The molecule has 0 aliphatic carbocycles. The Balaban J connectivity index is 1.97. The van der Waals surface area contributed by atoms with Gasteiger partial charge in [-0.1, -0.05) is 11.6 Å². The number of rotatable bonds is 5. The van der Waals surface area contributed by atoms with Gasteiger partial charge in [-0.2, -0.15) is 0 Å². The first-order valence-electron chi connectivity index (χ1n) is 7.18. The number of imidazole rings is 1. The Bertz CT molecular complexity index is 396. The maximum atomic E-state index is 6.06. The van der Waals surface area contributed by atoms with Crippen molar-refractivity contribution in [1.82, 2.24) is 19.8 Å². The van der Waals surface area contributed by atoms with E-state index in [9.17, 15) is 0 Å². The molecule has 0 amide bonds. The molecule has 0 bridgehead atoms. The van der Waals surface area contributed by atoms with Gasteiger partial charge >= 0.3 is 0 Å². The van der Waals surface area contributed by atoms with Crippen LogP contribution in [0.5, 0.6) is 0 Å². The number of nitrogens with one attached hydrogen (secondary N) is 1. The number of halogens is 1.